The maximum absolute atomic E-state index is 14.7. The lowest BCUT2D eigenvalue weighted by Gasteiger charge is -2.38. The van der Waals surface area contributed by atoms with E-state index in [2.05, 4.69) is 13.8 Å². The molecule has 4 N–H and O–H groups in total. The number of para-hydroxylation sites is 1. The summed E-state index contributed by atoms with van der Waals surface area (Å²) < 4.78 is 24.9. The number of rotatable bonds is 3. The number of benzene rings is 3. The Labute approximate surface area is 351 Å². The minimum absolute atomic E-state index is 0.0169. The number of nitrogens with zero attached hydrogens (tertiary/aromatic N) is 1. The minimum Gasteiger partial charge on any atom is -0.505 e. The van der Waals surface area contributed by atoms with Crippen LogP contribution in [0.5, 0.6) is 11.5 Å². The van der Waals surface area contributed by atoms with Crippen LogP contribution in [0.3, 0.4) is 0 Å². The molecule has 3 aromatic carbocycles. The Morgan fingerprint density at radius 1 is 1.02 bits per heavy atom. The Hall–Kier alpha value is -4.37. The molecule has 3 heterocycles. The summed E-state index contributed by atoms with van der Waals surface area (Å²) in [7, 11) is 4.05. The van der Waals surface area contributed by atoms with Crippen LogP contribution in [-0.4, -0.2) is 75.3 Å². The van der Waals surface area contributed by atoms with Crippen molar-refractivity contribution < 1.29 is 48.7 Å². The summed E-state index contributed by atoms with van der Waals surface area (Å²) in [5.41, 5.74) is 0.336. The Morgan fingerprint density at radius 2 is 1.73 bits per heavy atom. The first-order valence-corrected chi connectivity index (χ1v) is 22.2. The first kappa shape index (κ1) is 44.2. The topological polar surface area (TPSA) is 191 Å². The number of fused-ring (bicyclic) bond motifs is 2. The smallest absolute Gasteiger partial charge is 0.312 e. The number of nitrogens with one attached hydrogen (secondary N) is 1. The van der Waals surface area contributed by atoms with Crippen LogP contribution in [0.1, 0.15) is 64.4 Å². The van der Waals surface area contributed by atoms with E-state index < -0.39 is 82.7 Å². The molecule has 0 saturated heterocycles. The van der Waals surface area contributed by atoms with Gasteiger partial charge in [0.15, 0.2) is 11.2 Å². The van der Waals surface area contributed by atoms with E-state index in [0.717, 1.165) is 4.90 Å². The summed E-state index contributed by atoms with van der Waals surface area (Å²) in [4.78, 5) is 61.0. The number of aromatic nitrogens is 1. The van der Waals surface area contributed by atoms with Gasteiger partial charge in [-0.15, -0.1) is 22.7 Å². The van der Waals surface area contributed by atoms with Crippen LogP contribution < -0.4 is 15.5 Å². The van der Waals surface area contributed by atoms with E-state index in [4.69, 9.17) is 23.9 Å². The number of hydrogen-bond donors (Lipinski definition) is 4. The zero-order valence-electron chi connectivity index (χ0n) is 34.2. The molecule has 4 bridgehead atoms. The molecule has 0 radical (unpaired) electrons. The number of ketones is 1. The number of ether oxygens (including phenoxy) is 4. The second kappa shape index (κ2) is 17.3. The average Bonchev–Trinajstić information content (AvgIpc) is 3.47. The fraction of sp³-hybridized carbons (Fsp3) is 0.419. The van der Waals surface area contributed by atoms with Crippen LogP contribution >= 0.6 is 31.2 Å². The fourth-order valence-electron chi connectivity index (χ4n) is 7.90. The number of aliphatic hydroxyl groups excluding tert-OH is 2. The summed E-state index contributed by atoms with van der Waals surface area (Å²) >= 11 is 2.61. The van der Waals surface area contributed by atoms with Crippen LogP contribution in [0.4, 0.5) is 5.69 Å². The number of carbonyl (C=O) groups excluding carboxylic acids is 3. The van der Waals surface area contributed by atoms with Crippen molar-refractivity contribution in [2.24, 2.45) is 23.7 Å². The van der Waals surface area contributed by atoms with Crippen LogP contribution in [0.2, 0.25) is 0 Å². The minimum atomic E-state index is -1.99. The zero-order chi connectivity index (χ0) is 43.2. The maximum Gasteiger partial charge on any atom is 0.312 e. The Balaban J connectivity index is 1.60. The zero-order valence-corrected chi connectivity index (χ0v) is 37.0. The van der Waals surface area contributed by atoms with E-state index in [0.29, 0.717) is 14.9 Å². The Bertz CT molecular complexity index is 2520. The number of anilines is 1. The highest BCUT2D eigenvalue weighted by Gasteiger charge is 2.49. The predicted molar refractivity (Wildman–Crippen MR) is 233 cm³/mol. The molecule has 13 nitrogen and oxygen atoms in total. The van der Waals surface area contributed by atoms with Gasteiger partial charge < -0.3 is 39.6 Å². The lowest BCUT2D eigenvalue weighted by atomic mass is 9.78. The largest absolute Gasteiger partial charge is 0.505 e. The average molecular weight is 865 g/mol. The Morgan fingerprint density at radius 3 is 2.39 bits per heavy atom. The van der Waals surface area contributed by atoms with Gasteiger partial charge in [-0.25, -0.2) is 4.98 Å². The number of esters is 1. The molecule has 2 unspecified atom stereocenters. The Kier molecular flexibility index (Phi) is 13.0. The number of hydrogen-bond acceptors (Lipinski definition) is 14. The number of phenolic OH excluding ortho intramolecular Hbond substituents is 1. The summed E-state index contributed by atoms with van der Waals surface area (Å²) in [5, 5.41) is 37.6. The first-order chi connectivity index (χ1) is 27.9. The van der Waals surface area contributed by atoms with Crippen molar-refractivity contribution in [3.8, 4) is 11.5 Å². The fourth-order valence-corrected chi connectivity index (χ4v) is 10.1. The summed E-state index contributed by atoms with van der Waals surface area (Å²) in [5.74, 6) is -6.79. The number of allylic oxidation sites excluding steroid dienone is 2. The van der Waals surface area contributed by atoms with Crippen molar-refractivity contribution in [1.29, 1.82) is 0 Å². The quantitative estimate of drug-likeness (QED) is 0.0526. The molecule has 0 fully saturated rings. The van der Waals surface area contributed by atoms with E-state index in [-0.39, 0.29) is 44.4 Å². The van der Waals surface area contributed by atoms with Gasteiger partial charge >= 0.3 is 11.8 Å². The molecular weight excluding hydrogens is 816 g/mol. The number of Topliss-reactive ketones (excluding diaryl/α,β-unsaturated/α-hetero) is 1. The maximum atomic E-state index is 14.7. The molecule has 2 aliphatic rings. The second-order valence-electron chi connectivity index (χ2n) is 15.4. The number of aliphatic hydroxyl groups is 2. The van der Waals surface area contributed by atoms with Gasteiger partial charge in [-0.1, -0.05) is 60.4 Å². The van der Waals surface area contributed by atoms with Crippen LogP contribution in [0.25, 0.3) is 31.2 Å². The predicted octanol–water partition coefficient (Wildman–Crippen LogP) is 7.35. The first-order valence-electron chi connectivity index (χ1n) is 19.1. The van der Waals surface area contributed by atoms with Gasteiger partial charge in [0.05, 0.1) is 56.0 Å². The molecule has 1 aromatic heterocycles. The monoisotopic (exact) mass is 864 g/mol. The molecule has 2 aliphatic heterocycles. The van der Waals surface area contributed by atoms with Crippen molar-refractivity contribution >= 4 is 85.7 Å². The highest BCUT2D eigenvalue weighted by molar-refractivity contribution is 8.44. The van der Waals surface area contributed by atoms with Crippen molar-refractivity contribution in [3.63, 3.8) is 0 Å². The van der Waals surface area contributed by atoms with Gasteiger partial charge in [0.2, 0.25) is 0 Å². The van der Waals surface area contributed by atoms with Gasteiger partial charge in [-0.05, 0) is 32.1 Å². The molecule has 0 spiro atoms. The van der Waals surface area contributed by atoms with Crippen LogP contribution in [0, 0.1) is 30.6 Å². The van der Waals surface area contributed by atoms with Gasteiger partial charge in [0.1, 0.15) is 17.5 Å². The highest BCUT2D eigenvalue weighted by Crippen LogP contribution is 2.50. The number of aromatic hydroxyl groups is 1. The third-order valence-corrected chi connectivity index (χ3v) is 13.9. The molecule has 10 atom stereocenters. The van der Waals surface area contributed by atoms with E-state index in [1.807, 2.05) is 18.2 Å². The normalized spacial score (nSPS) is 30.1. The molecule has 16 heteroatoms. The summed E-state index contributed by atoms with van der Waals surface area (Å²) in [6.07, 6.45) is 3.82. The highest BCUT2D eigenvalue weighted by atomic mass is 32.7. The molecular formula is C43H49N2O11PS2. The number of phenols is 1. The second-order valence-corrected chi connectivity index (χ2v) is 17.9. The van der Waals surface area contributed by atoms with Crippen molar-refractivity contribution in [3.05, 3.63) is 75.7 Å². The molecule has 314 valence electrons. The molecule has 0 saturated carbocycles. The van der Waals surface area contributed by atoms with E-state index in [1.165, 1.54) is 62.9 Å². The standard InChI is InChI=1S/C43H49N2O11PS2/c1-18-12-10-13-19(2)42(52)45-33-37(50)29-28(32-40(33)58-26-14-11-15-27(59-57)31(26)44-32)30-39(23(6)36(29)49)56-43(8,41(30)51)54-17-16-25(53-9)20(3)38(55-24(7)46)22(5)35(48)21(4)34(18)47/h10-18,20-22,25,34-35,38,47-48,50H,57H2,1-9H3,(H,45,52)/b12-10+,17-16+,19-13-/t18-,20+,21+,22+,25-,34-,35+,38+,43?/m0/s1. The van der Waals surface area contributed by atoms with Gasteiger partial charge in [0, 0.05) is 66.0 Å². The SMILES string of the molecule is CO[C@H]1/C=C/OC2(C)Oc3c(C)c(=O)c4c(O)c(c5sc6cccc(SP)c6nc5c4c3C2=O)NC(=O)/C(C)=C\C=C\[C@H](C)[C@H](O)[C@@H](C)[C@@H](O)[C@@H](C)[C@H](OC(C)=O)[C@@H]1C. The van der Waals surface area contributed by atoms with Crippen LogP contribution in [-0.2, 0) is 23.8 Å². The third-order valence-electron chi connectivity index (χ3n) is 11.5. The summed E-state index contributed by atoms with van der Waals surface area (Å²) in [6, 6.07) is 5.59. The molecule has 0 aliphatic carbocycles. The van der Waals surface area contributed by atoms with E-state index in [1.54, 1.807) is 52.8 Å². The summed E-state index contributed by atoms with van der Waals surface area (Å²) in [6.45, 7) is 12.7. The lowest BCUT2D eigenvalue weighted by molar-refractivity contribution is -0.160. The van der Waals surface area contributed by atoms with Gasteiger partial charge in [-0.2, -0.15) is 0 Å². The van der Waals surface area contributed by atoms with Gasteiger partial charge in [-0.3, -0.25) is 19.2 Å². The van der Waals surface area contributed by atoms with Crippen molar-refractivity contribution in [2.45, 2.75) is 90.5 Å². The lowest BCUT2D eigenvalue weighted by Crippen LogP contribution is -2.46. The molecule has 59 heavy (non-hydrogen) atoms. The molecule has 4 aromatic rings. The van der Waals surface area contributed by atoms with E-state index in [9.17, 15) is 34.5 Å². The van der Waals surface area contributed by atoms with Crippen molar-refractivity contribution in [1.82, 2.24) is 4.98 Å². The van der Waals surface area contributed by atoms with Gasteiger partial charge in [0.25, 0.3) is 11.7 Å². The third kappa shape index (κ3) is 8.01. The number of amides is 1. The molecule has 6 rings (SSSR count). The number of carbonyl (C=O) groups is 3. The van der Waals surface area contributed by atoms with Crippen LogP contribution in [0.15, 0.2) is 64.0 Å². The molecule has 1 amide bonds. The number of methoxy groups -OCH3 is 1. The van der Waals surface area contributed by atoms with Crippen molar-refractivity contribution in [2.75, 3.05) is 12.4 Å². The van der Waals surface area contributed by atoms with E-state index >= 15 is 0 Å².